The molecule has 1 aromatic heterocycles. The van der Waals surface area contributed by atoms with Crippen LogP contribution in [0.4, 0.5) is 0 Å². The van der Waals surface area contributed by atoms with E-state index in [0.717, 1.165) is 9.53 Å². The van der Waals surface area contributed by atoms with E-state index >= 15 is 0 Å². The molecule has 0 amide bonds. The number of carboxylic acid groups (broad SMARTS) is 1. The summed E-state index contributed by atoms with van der Waals surface area (Å²) in [6.07, 6.45) is 0. The van der Waals surface area contributed by atoms with Crippen molar-refractivity contribution < 1.29 is 9.90 Å². The minimum atomic E-state index is -2.38. The maximum absolute atomic E-state index is 11.0. The second-order valence-corrected chi connectivity index (χ2v) is 18.7. The van der Waals surface area contributed by atoms with Crippen molar-refractivity contribution in [3.05, 3.63) is 11.5 Å². The number of nitrogens with zero attached hydrogens (tertiary/aromatic N) is 2. The first-order chi connectivity index (χ1) is 6.25. The van der Waals surface area contributed by atoms with Crippen LogP contribution in [0.15, 0.2) is 0 Å². The molecule has 1 rings (SSSR count). The van der Waals surface area contributed by atoms with Gasteiger partial charge in [0.1, 0.15) is 0 Å². The fraction of sp³-hybridized carbons (Fsp3) is 0.556. The Balaban J connectivity index is 3.46. The van der Waals surface area contributed by atoms with Crippen LogP contribution in [0.25, 0.3) is 0 Å². The molecule has 0 aliphatic rings. The van der Waals surface area contributed by atoms with Gasteiger partial charge in [0.05, 0.1) is 0 Å². The summed E-state index contributed by atoms with van der Waals surface area (Å²) in [7, 11) is 1.90. The Labute approximate surface area is 87.8 Å². The van der Waals surface area contributed by atoms with Crippen molar-refractivity contribution in [3.8, 4) is 0 Å². The first-order valence-electron chi connectivity index (χ1n) is 4.52. The van der Waals surface area contributed by atoms with E-state index in [4.69, 9.17) is 5.11 Å². The first-order valence-corrected chi connectivity index (χ1v) is 14.5. The van der Waals surface area contributed by atoms with Gasteiger partial charge < -0.3 is 0 Å². The van der Waals surface area contributed by atoms with Gasteiger partial charge in [0.2, 0.25) is 0 Å². The zero-order valence-electron chi connectivity index (χ0n) is 9.25. The van der Waals surface area contributed by atoms with Crippen molar-refractivity contribution in [3.63, 3.8) is 0 Å². The van der Waals surface area contributed by atoms with Gasteiger partial charge in [-0.3, -0.25) is 0 Å². The summed E-state index contributed by atoms with van der Waals surface area (Å²) < 4.78 is 2.91. The fourth-order valence-corrected chi connectivity index (χ4v) is 7.44. The molecule has 0 aliphatic heterocycles. The molecule has 1 N–H and O–H groups in total. The average molecular weight is 303 g/mol. The number of hydrogen-bond acceptors (Lipinski definition) is 2. The zero-order chi connectivity index (χ0) is 11.1. The molecule has 1 heterocycles. The van der Waals surface area contributed by atoms with Gasteiger partial charge in [-0.2, -0.15) is 0 Å². The number of aromatic carboxylic acids is 1. The molecule has 0 unspecified atom stereocenters. The van der Waals surface area contributed by atoms with Gasteiger partial charge >= 0.3 is 87.8 Å². The normalized spacial score (nSPS) is 11.8. The molecule has 0 saturated heterocycles. The van der Waals surface area contributed by atoms with E-state index in [9.17, 15) is 4.79 Å². The van der Waals surface area contributed by atoms with Gasteiger partial charge in [-0.05, 0) is 0 Å². The molecule has 4 nitrogen and oxygen atoms in total. The predicted molar refractivity (Wildman–Crippen MR) is 57.9 cm³/mol. The Kier molecular flexibility index (Phi) is 2.94. The van der Waals surface area contributed by atoms with Crippen molar-refractivity contribution in [2.45, 2.75) is 21.7 Å². The molecule has 0 radical (unpaired) electrons. The van der Waals surface area contributed by atoms with E-state index in [-0.39, 0.29) is 5.69 Å². The van der Waals surface area contributed by atoms with E-state index in [0.29, 0.717) is 0 Å². The summed E-state index contributed by atoms with van der Waals surface area (Å²) in [6.45, 7) is 1.84. The van der Waals surface area contributed by atoms with E-state index < -0.39 is 24.3 Å². The topological polar surface area (TPSA) is 55.1 Å². The Bertz CT molecular complexity index is 377. The third-order valence-corrected chi connectivity index (χ3v) is 7.92. The molecule has 0 aromatic carbocycles. The van der Waals surface area contributed by atoms with E-state index in [1.807, 2.05) is 18.5 Å². The minimum absolute atomic E-state index is 0.258. The third-order valence-electron chi connectivity index (χ3n) is 2.23. The zero-order valence-corrected chi connectivity index (χ0v) is 12.1. The summed E-state index contributed by atoms with van der Waals surface area (Å²) >= 11 is -2.38. The molecule has 0 atom stereocenters. The van der Waals surface area contributed by atoms with Crippen LogP contribution in [0, 0.1) is 6.92 Å². The van der Waals surface area contributed by atoms with Crippen molar-refractivity contribution in [2.75, 3.05) is 0 Å². The van der Waals surface area contributed by atoms with Gasteiger partial charge in [-0.15, -0.1) is 0 Å². The average Bonchev–Trinajstić information content (AvgIpc) is 2.27. The Morgan fingerprint density at radius 2 is 1.93 bits per heavy atom. The van der Waals surface area contributed by atoms with Gasteiger partial charge in [0.25, 0.3) is 0 Å². The SMILES string of the molecule is Cc1nc(C(=O)O)[c]([Sn]([CH3])([CH3])[CH3])n1C. The number of imidazole rings is 1. The van der Waals surface area contributed by atoms with Crippen LogP contribution < -0.4 is 3.71 Å². The number of aryl methyl sites for hydroxylation is 1. The third kappa shape index (κ3) is 1.94. The standard InChI is InChI=1S/C6H7N2O2.3CH3.Sn/c1-4-7-5(6(9)10)3-8(4)2;;;;/h1-2H3,(H,9,10);3*1H3;. The van der Waals surface area contributed by atoms with Crippen LogP contribution >= 0.6 is 0 Å². The van der Waals surface area contributed by atoms with Gasteiger partial charge in [-0.1, -0.05) is 0 Å². The van der Waals surface area contributed by atoms with Crippen LogP contribution in [0.3, 0.4) is 0 Å². The van der Waals surface area contributed by atoms with Crippen LogP contribution in [-0.2, 0) is 7.05 Å². The summed E-state index contributed by atoms with van der Waals surface area (Å²) in [4.78, 5) is 21.7. The number of carbonyl (C=O) groups is 1. The Morgan fingerprint density at radius 1 is 1.43 bits per heavy atom. The van der Waals surface area contributed by atoms with Gasteiger partial charge in [-0.25, -0.2) is 0 Å². The first kappa shape index (κ1) is 11.6. The second kappa shape index (κ2) is 3.56. The number of hydrogen-bond donors (Lipinski definition) is 1. The van der Waals surface area contributed by atoms with Crippen molar-refractivity contribution in [2.24, 2.45) is 7.05 Å². The Morgan fingerprint density at radius 3 is 2.21 bits per heavy atom. The quantitative estimate of drug-likeness (QED) is 0.828. The van der Waals surface area contributed by atoms with Crippen molar-refractivity contribution >= 4 is 28.1 Å². The molecular formula is C9H16N2O2Sn. The molecule has 78 valence electrons. The van der Waals surface area contributed by atoms with Crippen LogP contribution in [-0.4, -0.2) is 39.0 Å². The number of carboxylic acids is 1. The van der Waals surface area contributed by atoms with Crippen LogP contribution in [0.2, 0.25) is 14.8 Å². The van der Waals surface area contributed by atoms with Crippen LogP contribution in [0.5, 0.6) is 0 Å². The summed E-state index contributed by atoms with van der Waals surface area (Å²) in [6, 6.07) is 0. The number of aromatic nitrogens is 2. The van der Waals surface area contributed by atoms with Crippen molar-refractivity contribution in [1.82, 2.24) is 9.55 Å². The molecule has 0 spiro atoms. The Hall–Kier alpha value is -0.521. The molecule has 1 aromatic rings. The second-order valence-electron chi connectivity index (χ2n) is 4.47. The molecule has 0 fully saturated rings. The molecule has 5 heteroatoms. The predicted octanol–water partition coefficient (Wildman–Crippen LogP) is 0.972. The maximum atomic E-state index is 11.0. The van der Waals surface area contributed by atoms with Crippen LogP contribution in [0.1, 0.15) is 16.3 Å². The molecule has 0 saturated carbocycles. The molecule has 14 heavy (non-hydrogen) atoms. The molecule has 0 aliphatic carbocycles. The summed E-state index contributed by atoms with van der Waals surface area (Å²) in [5.41, 5.74) is 0.258. The van der Waals surface area contributed by atoms with Crippen molar-refractivity contribution in [1.29, 1.82) is 0 Å². The summed E-state index contributed by atoms with van der Waals surface area (Å²) in [5, 5.41) is 9.02. The molecular weight excluding hydrogens is 287 g/mol. The number of rotatable bonds is 2. The molecule has 0 bridgehead atoms. The van der Waals surface area contributed by atoms with E-state index in [2.05, 4.69) is 19.8 Å². The summed E-state index contributed by atoms with van der Waals surface area (Å²) in [5.74, 6) is -0.126. The van der Waals surface area contributed by atoms with Gasteiger partial charge in [0.15, 0.2) is 0 Å². The van der Waals surface area contributed by atoms with Gasteiger partial charge in [0, 0.05) is 0 Å². The van der Waals surface area contributed by atoms with E-state index in [1.54, 1.807) is 0 Å². The van der Waals surface area contributed by atoms with E-state index in [1.165, 1.54) is 0 Å². The monoisotopic (exact) mass is 304 g/mol. The fourth-order valence-electron chi connectivity index (χ4n) is 1.62.